The third-order valence-corrected chi connectivity index (χ3v) is 3.76. The van der Waals surface area contributed by atoms with Gasteiger partial charge in [0.25, 0.3) is 0 Å². The molecule has 0 fully saturated rings. The van der Waals surface area contributed by atoms with Gasteiger partial charge < -0.3 is 5.43 Å². The van der Waals surface area contributed by atoms with Gasteiger partial charge in [0, 0.05) is 16.7 Å². The Morgan fingerprint density at radius 3 is 1.75 bits per heavy atom. The van der Waals surface area contributed by atoms with E-state index < -0.39 is 0 Å². The van der Waals surface area contributed by atoms with Crippen LogP contribution >= 0.6 is 0 Å². The minimum absolute atomic E-state index is 0.216. The van der Waals surface area contributed by atoms with Crippen molar-refractivity contribution in [1.82, 2.24) is 0 Å². The predicted molar refractivity (Wildman–Crippen MR) is 94.0 cm³/mol. The third-order valence-electron chi connectivity index (χ3n) is 3.76. The number of ketones is 2. The summed E-state index contributed by atoms with van der Waals surface area (Å²) >= 11 is 0. The molecule has 3 aromatic rings. The number of anilines is 1. The fourth-order valence-corrected chi connectivity index (χ4v) is 2.59. The smallest absolute Gasteiger partial charge is 0.195 e. The average molecular weight is 316 g/mol. The molecule has 118 valence electrons. The van der Waals surface area contributed by atoms with Crippen molar-refractivity contribution in [3.8, 4) is 0 Å². The zero-order valence-electron chi connectivity index (χ0n) is 12.9. The van der Waals surface area contributed by atoms with Crippen molar-refractivity contribution < 1.29 is 9.59 Å². The molecule has 0 heterocycles. The molecule has 4 nitrogen and oxygen atoms in total. The molecule has 0 saturated carbocycles. The largest absolute Gasteiger partial charge is 0.323 e. The molecule has 0 unspecified atom stereocenters. The van der Waals surface area contributed by atoms with Crippen LogP contribution in [0, 0.1) is 0 Å². The highest BCUT2D eigenvalue weighted by Gasteiger charge is 2.22. The number of nitrogens with one attached hydrogen (secondary N) is 1. The van der Waals surface area contributed by atoms with E-state index in [0.717, 1.165) is 0 Å². The number of rotatable bonds is 5. The first kappa shape index (κ1) is 15.6. The Labute approximate surface area is 139 Å². The molecule has 0 amide bonds. The molecule has 3 rings (SSSR count). The van der Waals surface area contributed by atoms with Crippen LogP contribution in [0.3, 0.4) is 0 Å². The molecule has 3 aromatic carbocycles. The van der Waals surface area contributed by atoms with Gasteiger partial charge in [0.15, 0.2) is 11.6 Å². The van der Waals surface area contributed by atoms with Crippen LogP contribution in [0.25, 0.3) is 0 Å². The molecular weight excluding hydrogens is 300 g/mol. The number of hydrogen-bond donors (Lipinski definition) is 2. The van der Waals surface area contributed by atoms with Gasteiger partial charge in [-0.3, -0.25) is 15.4 Å². The summed E-state index contributed by atoms with van der Waals surface area (Å²) in [5, 5.41) is 0. The van der Waals surface area contributed by atoms with Gasteiger partial charge in [-0.05, 0) is 6.07 Å². The van der Waals surface area contributed by atoms with Gasteiger partial charge in [0.2, 0.25) is 0 Å². The van der Waals surface area contributed by atoms with Crippen LogP contribution in [0.2, 0.25) is 0 Å². The van der Waals surface area contributed by atoms with Crippen molar-refractivity contribution in [3.63, 3.8) is 0 Å². The highest BCUT2D eigenvalue weighted by atomic mass is 16.1. The standard InChI is InChI=1S/C20H16N2O2/c21-22-17-13-7-12-16(19(23)14-8-3-1-4-9-14)18(17)20(24)15-10-5-2-6-11-15/h1-13,22H,21H2. The van der Waals surface area contributed by atoms with Crippen LogP contribution in [0.4, 0.5) is 5.69 Å². The van der Waals surface area contributed by atoms with Crippen LogP contribution in [-0.2, 0) is 0 Å². The first-order chi connectivity index (χ1) is 11.7. The lowest BCUT2D eigenvalue weighted by atomic mass is 9.92. The normalized spacial score (nSPS) is 10.2. The Morgan fingerprint density at radius 1 is 0.667 bits per heavy atom. The molecule has 0 aliphatic carbocycles. The molecule has 4 heteroatoms. The molecule has 0 spiro atoms. The highest BCUT2D eigenvalue weighted by Crippen LogP contribution is 2.25. The first-order valence-corrected chi connectivity index (χ1v) is 7.51. The second-order valence-corrected chi connectivity index (χ2v) is 5.26. The number of benzene rings is 3. The van der Waals surface area contributed by atoms with Crippen LogP contribution in [0.15, 0.2) is 78.9 Å². The number of nitrogens with two attached hydrogens (primary N) is 1. The molecule has 3 N–H and O–H groups in total. The second-order valence-electron chi connectivity index (χ2n) is 5.26. The Balaban J connectivity index is 2.14. The van der Waals surface area contributed by atoms with Crippen LogP contribution in [-0.4, -0.2) is 11.6 Å². The van der Waals surface area contributed by atoms with Crippen molar-refractivity contribution in [2.24, 2.45) is 5.84 Å². The fraction of sp³-hybridized carbons (Fsp3) is 0. The lowest BCUT2D eigenvalue weighted by Gasteiger charge is -2.13. The maximum absolute atomic E-state index is 12.9. The van der Waals surface area contributed by atoms with E-state index in [2.05, 4.69) is 5.43 Å². The summed E-state index contributed by atoms with van der Waals surface area (Å²) in [4.78, 5) is 25.8. The molecule has 0 atom stereocenters. The predicted octanol–water partition coefficient (Wildman–Crippen LogP) is 3.43. The van der Waals surface area contributed by atoms with E-state index >= 15 is 0 Å². The van der Waals surface area contributed by atoms with Crippen molar-refractivity contribution in [3.05, 3.63) is 101 Å². The van der Waals surface area contributed by atoms with Crippen molar-refractivity contribution in [2.45, 2.75) is 0 Å². The van der Waals surface area contributed by atoms with E-state index in [1.807, 2.05) is 12.1 Å². The van der Waals surface area contributed by atoms with E-state index in [9.17, 15) is 9.59 Å². The average Bonchev–Trinajstić information content (AvgIpc) is 2.67. The minimum atomic E-state index is -0.247. The van der Waals surface area contributed by atoms with E-state index in [0.29, 0.717) is 22.4 Å². The molecule has 0 aliphatic heterocycles. The Bertz CT molecular complexity index is 875. The van der Waals surface area contributed by atoms with Crippen LogP contribution < -0.4 is 11.3 Å². The van der Waals surface area contributed by atoms with Gasteiger partial charge in [-0.25, -0.2) is 0 Å². The molecular formula is C20H16N2O2. The lowest BCUT2D eigenvalue weighted by molar-refractivity contribution is 0.100. The third kappa shape index (κ3) is 2.95. The van der Waals surface area contributed by atoms with E-state index in [1.165, 1.54) is 0 Å². The minimum Gasteiger partial charge on any atom is -0.323 e. The fourth-order valence-electron chi connectivity index (χ4n) is 2.59. The maximum atomic E-state index is 12.9. The summed E-state index contributed by atoms with van der Waals surface area (Å²) in [6, 6.07) is 22.7. The highest BCUT2D eigenvalue weighted by molar-refractivity contribution is 6.21. The van der Waals surface area contributed by atoms with Crippen molar-refractivity contribution in [1.29, 1.82) is 0 Å². The second kappa shape index (κ2) is 6.89. The van der Waals surface area contributed by atoms with Gasteiger partial charge >= 0.3 is 0 Å². The number of hydrogen-bond acceptors (Lipinski definition) is 4. The van der Waals surface area contributed by atoms with Gasteiger partial charge in [-0.1, -0.05) is 72.8 Å². The maximum Gasteiger partial charge on any atom is 0.195 e. The van der Waals surface area contributed by atoms with Gasteiger partial charge in [-0.15, -0.1) is 0 Å². The van der Waals surface area contributed by atoms with Crippen LogP contribution in [0.1, 0.15) is 31.8 Å². The molecule has 0 radical (unpaired) electrons. The molecule has 0 saturated heterocycles. The number of nitrogen functional groups attached to an aromatic ring is 1. The van der Waals surface area contributed by atoms with Crippen molar-refractivity contribution in [2.75, 3.05) is 5.43 Å². The van der Waals surface area contributed by atoms with Crippen molar-refractivity contribution >= 4 is 17.3 Å². The summed E-state index contributed by atoms with van der Waals surface area (Å²) in [6.07, 6.45) is 0. The number of carbonyl (C=O) groups is 2. The monoisotopic (exact) mass is 316 g/mol. The van der Waals surface area contributed by atoms with Gasteiger partial charge in [0.1, 0.15) is 0 Å². The van der Waals surface area contributed by atoms with Gasteiger partial charge in [0.05, 0.1) is 11.3 Å². The summed E-state index contributed by atoms with van der Waals surface area (Å²) < 4.78 is 0. The molecule has 0 aliphatic rings. The van der Waals surface area contributed by atoms with E-state index in [1.54, 1.807) is 66.7 Å². The Kier molecular flexibility index (Phi) is 4.50. The first-order valence-electron chi connectivity index (χ1n) is 7.51. The Morgan fingerprint density at radius 2 is 1.21 bits per heavy atom. The van der Waals surface area contributed by atoms with Crippen LogP contribution in [0.5, 0.6) is 0 Å². The number of carbonyl (C=O) groups excluding carboxylic acids is 2. The zero-order valence-corrected chi connectivity index (χ0v) is 12.9. The SMILES string of the molecule is NNc1cccc(C(=O)c2ccccc2)c1C(=O)c1ccccc1. The number of hydrazine groups is 1. The van der Waals surface area contributed by atoms with Gasteiger partial charge in [-0.2, -0.15) is 0 Å². The summed E-state index contributed by atoms with van der Waals surface area (Å²) in [5.74, 6) is 5.10. The summed E-state index contributed by atoms with van der Waals surface area (Å²) in [5.41, 5.74) is 4.57. The zero-order chi connectivity index (χ0) is 16.9. The van der Waals surface area contributed by atoms with E-state index in [-0.39, 0.29) is 17.1 Å². The summed E-state index contributed by atoms with van der Waals surface area (Å²) in [7, 11) is 0. The summed E-state index contributed by atoms with van der Waals surface area (Å²) in [6.45, 7) is 0. The molecule has 0 aromatic heterocycles. The Hall–Kier alpha value is -3.24. The lowest BCUT2D eigenvalue weighted by Crippen LogP contribution is -2.17. The van der Waals surface area contributed by atoms with E-state index in [4.69, 9.17) is 5.84 Å². The quantitative estimate of drug-likeness (QED) is 0.430. The molecule has 0 bridgehead atoms. The topological polar surface area (TPSA) is 72.2 Å². The molecule has 24 heavy (non-hydrogen) atoms.